The molecule has 0 aromatic heterocycles. The van der Waals surface area contributed by atoms with Gasteiger partial charge in [0, 0.05) is 6.54 Å². The van der Waals surface area contributed by atoms with Crippen molar-refractivity contribution in [3.05, 3.63) is 35.4 Å². The molecule has 0 bridgehead atoms. The second-order valence-corrected chi connectivity index (χ2v) is 3.77. The standard InChI is InChI=1S/C11H16N2/c1-13(2)11-10-6-4-3-5-9(10)7-8-12-11/h3-6,11-12H,7-8H2,1-2H3. The maximum atomic E-state index is 3.50. The lowest BCUT2D eigenvalue weighted by Crippen LogP contribution is -2.38. The van der Waals surface area contributed by atoms with Crippen molar-refractivity contribution in [2.45, 2.75) is 12.6 Å². The van der Waals surface area contributed by atoms with Gasteiger partial charge in [-0.2, -0.15) is 0 Å². The number of nitrogens with one attached hydrogen (secondary N) is 1. The van der Waals surface area contributed by atoms with Gasteiger partial charge < -0.3 is 0 Å². The van der Waals surface area contributed by atoms with E-state index < -0.39 is 0 Å². The molecule has 0 amide bonds. The lowest BCUT2D eigenvalue weighted by atomic mass is 9.98. The summed E-state index contributed by atoms with van der Waals surface area (Å²) in [6, 6.07) is 8.68. The topological polar surface area (TPSA) is 15.3 Å². The second-order valence-electron chi connectivity index (χ2n) is 3.77. The number of benzene rings is 1. The highest BCUT2D eigenvalue weighted by Gasteiger charge is 2.19. The molecule has 1 aromatic rings. The quantitative estimate of drug-likeness (QED) is 0.695. The highest BCUT2D eigenvalue weighted by molar-refractivity contribution is 5.31. The molecule has 1 N–H and O–H groups in total. The largest absolute Gasteiger partial charge is 0.298 e. The minimum Gasteiger partial charge on any atom is -0.298 e. The molecule has 13 heavy (non-hydrogen) atoms. The van der Waals surface area contributed by atoms with Crippen molar-refractivity contribution in [1.82, 2.24) is 10.2 Å². The number of hydrogen-bond donors (Lipinski definition) is 1. The molecule has 1 unspecified atom stereocenters. The molecule has 0 saturated heterocycles. The summed E-state index contributed by atoms with van der Waals surface area (Å²) in [6.07, 6.45) is 1.55. The molecule has 0 saturated carbocycles. The van der Waals surface area contributed by atoms with Crippen molar-refractivity contribution in [2.24, 2.45) is 0 Å². The summed E-state index contributed by atoms with van der Waals surface area (Å²) in [4.78, 5) is 2.22. The summed E-state index contributed by atoms with van der Waals surface area (Å²) in [5.41, 5.74) is 2.92. The van der Waals surface area contributed by atoms with Gasteiger partial charge in [0.25, 0.3) is 0 Å². The molecule has 0 fully saturated rings. The Balaban J connectivity index is 2.37. The van der Waals surface area contributed by atoms with Gasteiger partial charge >= 0.3 is 0 Å². The van der Waals surface area contributed by atoms with Crippen LogP contribution in [0.2, 0.25) is 0 Å². The highest BCUT2D eigenvalue weighted by Crippen LogP contribution is 2.23. The van der Waals surface area contributed by atoms with Crippen LogP contribution >= 0.6 is 0 Å². The third kappa shape index (κ3) is 1.60. The fraction of sp³-hybridized carbons (Fsp3) is 0.455. The van der Waals surface area contributed by atoms with Crippen LogP contribution in [0.3, 0.4) is 0 Å². The summed E-state index contributed by atoms with van der Waals surface area (Å²) in [7, 11) is 4.22. The molecule has 2 nitrogen and oxygen atoms in total. The maximum absolute atomic E-state index is 3.50. The molecule has 1 aliphatic heterocycles. The normalized spacial score (nSPS) is 21.6. The van der Waals surface area contributed by atoms with Crippen LogP contribution in [0.5, 0.6) is 0 Å². The van der Waals surface area contributed by atoms with E-state index in [9.17, 15) is 0 Å². The van der Waals surface area contributed by atoms with Gasteiger partial charge in [0.15, 0.2) is 0 Å². The minimum atomic E-state index is 0.393. The van der Waals surface area contributed by atoms with Gasteiger partial charge in [0.05, 0.1) is 6.17 Å². The molecule has 0 spiro atoms. The Kier molecular flexibility index (Phi) is 2.34. The zero-order chi connectivity index (χ0) is 9.26. The first-order valence-electron chi connectivity index (χ1n) is 4.76. The molecule has 2 rings (SSSR count). The second kappa shape index (κ2) is 3.48. The smallest absolute Gasteiger partial charge is 0.0858 e. The Morgan fingerprint density at radius 2 is 2.08 bits per heavy atom. The van der Waals surface area contributed by atoms with Crippen molar-refractivity contribution in [1.29, 1.82) is 0 Å². The molecule has 2 heteroatoms. The highest BCUT2D eigenvalue weighted by atomic mass is 15.2. The van der Waals surface area contributed by atoms with Gasteiger partial charge in [0.1, 0.15) is 0 Å². The summed E-state index contributed by atoms with van der Waals surface area (Å²) in [5, 5.41) is 3.50. The predicted molar refractivity (Wildman–Crippen MR) is 54.6 cm³/mol. The van der Waals surface area contributed by atoms with Crippen LogP contribution in [-0.2, 0) is 6.42 Å². The zero-order valence-corrected chi connectivity index (χ0v) is 8.25. The Morgan fingerprint density at radius 3 is 2.85 bits per heavy atom. The Hall–Kier alpha value is -0.860. The van der Waals surface area contributed by atoms with E-state index in [0.29, 0.717) is 6.17 Å². The molecule has 1 heterocycles. The molecule has 0 aliphatic carbocycles. The minimum absolute atomic E-state index is 0.393. The molecule has 1 aromatic carbocycles. The number of rotatable bonds is 1. The van der Waals surface area contributed by atoms with E-state index in [1.54, 1.807) is 0 Å². The third-order valence-electron chi connectivity index (χ3n) is 2.60. The molecule has 0 radical (unpaired) electrons. The lowest BCUT2D eigenvalue weighted by molar-refractivity contribution is 0.241. The van der Waals surface area contributed by atoms with Crippen LogP contribution in [0, 0.1) is 0 Å². The average Bonchev–Trinajstić information content (AvgIpc) is 2.17. The molecular formula is C11H16N2. The first kappa shape index (κ1) is 8.73. The van der Waals surface area contributed by atoms with E-state index in [2.05, 4.69) is 48.6 Å². The Labute approximate surface area is 79.6 Å². The number of nitrogens with zero attached hydrogens (tertiary/aromatic N) is 1. The van der Waals surface area contributed by atoms with Crippen molar-refractivity contribution in [3.8, 4) is 0 Å². The summed E-state index contributed by atoms with van der Waals surface area (Å²) < 4.78 is 0. The van der Waals surface area contributed by atoms with Crippen LogP contribution in [0.4, 0.5) is 0 Å². The fourth-order valence-corrected chi connectivity index (χ4v) is 1.94. The van der Waals surface area contributed by atoms with E-state index in [0.717, 1.165) is 13.0 Å². The fourth-order valence-electron chi connectivity index (χ4n) is 1.94. The summed E-state index contributed by atoms with van der Waals surface area (Å²) in [5.74, 6) is 0. The van der Waals surface area contributed by atoms with Gasteiger partial charge in [0.2, 0.25) is 0 Å². The molecule has 70 valence electrons. The van der Waals surface area contributed by atoms with Crippen LogP contribution < -0.4 is 5.32 Å². The molecule has 1 atom stereocenters. The van der Waals surface area contributed by atoms with Crippen molar-refractivity contribution in [2.75, 3.05) is 20.6 Å². The van der Waals surface area contributed by atoms with E-state index in [1.165, 1.54) is 11.1 Å². The van der Waals surface area contributed by atoms with Crippen LogP contribution in [0.25, 0.3) is 0 Å². The van der Waals surface area contributed by atoms with Crippen molar-refractivity contribution < 1.29 is 0 Å². The first-order valence-corrected chi connectivity index (χ1v) is 4.76. The van der Waals surface area contributed by atoms with E-state index in [1.807, 2.05) is 0 Å². The Bertz CT molecular complexity index is 294. The number of fused-ring (bicyclic) bond motifs is 1. The molecular weight excluding hydrogens is 160 g/mol. The van der Waals surface area contributed by atoms with Gasteiger partial charge in [-0.3, -0.25) is 10.2 Å². The van der Waals surface area contributed by atoms with Gasteiger partial charge in [-0.05, 0) is 31.6 Å². The van der Waals surface area contributed by atoms with Crippen molar-refractivity contribution >= 4 is 0 Å². The maximum Gasteiger partial charge on any atom is 0.0858 e. The van der Waals surface area contributed by atoms with E-state index in [4.69, 9.17) is 0 Å². The van der Waals surface area contributed by atoms with Crippen LogP contribution in [-0.4, -0.2) is 25.5 Å². The zero-order valence-electron chi connectivity index (χ0n) is 8.25. The number of hydrogen-bond acceptors (Lipinski definition) is 2. The average molecular weight is 176 g/mol. The summed E-state index contributed by atoms with van der Waals surface area (Å²) >= 11 is 0. The lowest BCUT2D eigenvalue weighted by Gasteiger charge is -2.31. The Morgan fingerprint density at radius 1 is 1.31 bits per heavy atom. The molecule has 1 aliphatic rings. The monoisotopic (exact) mass is 176 g/mol. The van der Waals surface area contributed by atoms with E-state index in [-0.39, 0.29) is 0 Å². The van der Waals surface area contributed by atoms with E-state index >= 15 is 0 Å². The van der Waals surface area contributed by atoms with Gasteiger partial charge in [-0.25, -0.2) is 0 Å². The predicted octanol–water partition coefficient (Wildman–Crippen LogP) is 1.39. The SMILES string of the molecule is CN(C)C1NCCc2ccccc21. The first-order chi connectivity index (χ1) is 6.29. The van der Waals surface area contributed by atoms with Gasteiger partial charge in [-0.15, -0.1) is 0 Å². The summed E-state index contributed by atoms with van der Waals surface area (Å²) in [6.45, 7) is 1.08. The van der Waals surface area contributed by atoms with Crippen LogP contribution in [0.1, 0.15) is 17.3 Å². The third-order valence-corrected chi connectivity index (χ3v) is 2.60. The van der Waals surface area contributed by atoms with Gasteiger partial charge in [-0.1, -0.05) is 24.3 Å². The van der Waals surface area contributed by atoms with Crippen LogP contribution in [0.15, 0.2) is 24.3 Å². The van der Waals surface area contributed by atoms with Crippen molar-refractivity contribution in [3.63, 3.8) is 0 Å².